The lowest BCUT2D eigenvalue weighted by Crippen LogP contribution is -2.48. The average Bonchev–Trinajstić information content (AvgIpc) is 2.95. The van der Waals surface area contributed by atoms with Crippen molar-refractivity contribution in [1.29, 1.82) is 0 Å². The fraction of sp³-hybridized carbons (Fsp3) is 0.667. The van der Waals surface area contributed by atoms with Gasteiger partial charge in [0.1, 0.15) is 0 Å². The topological polar surface area (TPSA) is 104 Å². The number of carbonyl (C=O) groups is 1. The van der Waals surface area contributed by atoms with Crippen LogP contribution in [0.2, 0.25) is 0 Å². The molecule has 1 aromatic heterocycles. The zero-order valence-corrected chi connectivity index (χ0v) is 11.2. The van der Waals surface area contributed by atoms with Crippen molar-refractivity contribution in [3.63, 3.8) is 0 Å². The summed E-state index contributed by atoms with van der Waals surface area (Å²) in [5, 5.41) is 19.4. The van der Waals surface area contributed by atoms with Crippen molar-refractivity contribution in [2.75, 3.05) is 7.05 Å². The second-order valence-corrected chi connectivity index (χ2v) is 5.59. The highest BCUT2D eigenvalue weighted by Gasteiger charge is 2.39. The van der Waals surface area contributed by atoms with Crippen molar-refractivity contribution in [3.8, 4) is 0 Å². The van der Waals surface area contributed by atoms with Crippen molar-refractivity contribution < 1.29 is 9.72 Å². The summed E-state index contributed by atoms with van der Waals surface area (Å²) >= 11 is 0. The van der Waals surface area contributed by atoms with Crippen LogP contribution in [0.1, 0.15) is 36.2 Å². The molecule has 3 rings (SSSR count). The van der Waals surface area contributed by atoms with Crippen molar-refractivity contribution in [2.24, 2.45) is 0 Å². The third kappa shape index (κ3) is 2.26. The summed E-state index contributed by atoms with van der Waals surface area (Å²) in [7, 11) is 2.14. The minimum absolute atomic E-state index is 0.0722. The van der Waals surface area contributed by atoms with Gasteiger partial charge in [0.05, 0.1) is 6.07 Å². The molecule has 2 atom stereocenters. The van der Waals surface area contributed by atoms with Gasteiger partial charge < -0.3 is 20.3 Å². The maximum absolute atomic E-state index is 12.0. The van der Waals surface area contributed by atoms with Gasteiger partial charge in [-0.1, -0.05) is 5.10 Å². The number of fused-ring (bicyclic) bond motifs is 2. The second-order valence-electron chi connectivity index (χ2n) is 5.59. The Kier molecular flexibility index (Phi) is 3.17. The van der Waals surface area contributed by atoms with E-state index in [2.05, 4.69) is 27.5 Å². The van der Waals surface area contributed by atoms with E-state index < -0.39 is 4.92 Å². The summed E-state index contributed by atoms with van der Waals surface area (Å²) in [6.45, 7) is 0. The molecular formula is C12H17N5O3. The zero-order chi connectivity index (χ0) is 14.3. The number of hydrogen-bond donors (Lipinski definition) is 2. The number of piperidine rings is 1. The Morgan fingerprint density at radius 2 is 2.15 bits per heavy atom. The molecule has 20 heavy (non-hydrogen) atoms. The van der Waals surface area contributed by atoms with E-state index in [0.717, 1.165) is 12.8 Å². The molecule has 0 aliphatic carbocycles. The van der Waals surface area contributed by atoms with E-state index >= 15 is 0 Å². The second kappa shape index (κ2) is 4.86. The summed E-state index contributed by atoms with van der Waals surface area (Å²) < 4.78 is 0. The van der Waals surface area contributed by atoms with Crippen LogP contribution in [0.3, 0.4) is 0 Å². The molecular weight excluding hydrogens is 262 g/mol. The van der Waals surface area contributed by atoms with E-state index in [1.165, 1.54) is 18.9 Å². The van der Waals surface area contributed by atoms with Crippen molar-refractivity contribution in [2.45, 2.75) is 43.8 Å². The molecule has 2 N–H and O–H groups in total. The Morgan fingerprint density at radius 1 is 1.50 bits per heavy atom. The number of nitro groups is 1. The Hall–Kier alpha value is -1.96. The molecule has 0 radical (unpaired) electrons. The van der Waals surface area contributed by atoms with Crippen molar-refractivity contribution in [1.82, 2.24) is 20.4 Å². The third-order valence-electron chi connectivity index (χ3n) is 4.43. The summed E-state index contributed by atoms with van der Waals surface area (Å²) in [4.78, 5) is 24.4. The number of nitrogens with zero attached hydrogens (tertiary/aromatic N) is 3. The lowest BCUT2D eigenvalue weighted by Gasteiger charge is -2.36. The van der Waals surface area contributed by atoms with Crippen LogP contribution in [0.25, 0.3) is 0 Å². The summed E-state index contributed by atoms with van der Waals surface area (Å²) in [6.07, 6.45) is 4.24. The Morgan fingerprint density at radius 3 is 2.70 bits per heavy atom. The fourth-order valence-corrected chi connectivity index (χ4v) is 3.31. The molecule has 1 aromatic rings. The number of rotatable bonds is 3. The molecule has 3 heterocycles. The van der Waals surface area contributed by atoms with E-state index in [0.29, 0.717) is 12.1 Å². The minimum atomic E-state index is -0.598. The molecule has 2 aliphatic heterocycles. The molecule has 0 aromatic carbocycles. The molecule has 0 spiro atoms. The number of hydrogen-bond acceptors (Lipinski definition) is 5. The normalized spacial score (nSPS) is 29.4. The maximum atomic E-state index is 12.0. The van der Waals surface area contributed by atoms with E-state index in [1.807, 2.05) is 0 Å². The van der Waals surface area contributed by atoms with Gasteiger partial charge in [-0.25, -0.2) is 0 Å². The van der Waals surface area contributed by atoms with Gasteiger partial charge in [-0.2, -0.15) is 0 Å². The quantitative estimate of drug-likeness (QED) is 0.625. The van der Waals surface area contributed by atoms with Crippen LogP contribution in [0, 0.1) is 10.1 Å². The molecule has 0 unspecified atom stereocenters. The fourth-order valence-electron chi connectivity index (χ4n) is 3.31. The van der Waals surface area contributed by atoms with E-state index in [-0.39, 0.29) is 23.5 Å². The maximum Gasteiger partial charge on any atom is 0.343 e. The minimum Gasteiger partial charge on any atom is -0.358 e. The first-order valence-electron chi connectivity index (χ1n) is 6.77. The van der Waals surface area contributed by atoms with E-state index in [1.54, 1.807) is 0 Å². The number of amides is 1. The van der Waals surface area contributed by atoms with Crippen LogP contribution in [-0.2, 0) is 0 Å². The highest BCUT2D eigenvalue weighted by Crippen LogP contribution is 2.34. The summed E-state index contributed by atoms with van der Waals surface area (Å²) in [5.41, 5.74) is 0.0722. The van der Waals surface area contributed by atoms with Crippen LogP contribution in [0.15, 0.2) is 6.07 Å². The van der Waals surface area contributed by atoms with Gasteiger partial charge in [-0.05, 0) is 37.7 Å². The van der Waals surface area contributed by atoms with Gasteiger partial charge in [0.15, 0.2) is 5.69 Å². The molecule has 8 heteroatoms. The smallest absolute Gasteiger partial charge is 0.343 e. The predicted octanol–water partition coefficient (Wildman–Crippen LogP) is 0.673. The molecule has 8 nitrogen and oxygen atoms in total. The lowest BCUT2D eigenvalue weighted by atomic mass is 9.98. The highest BCUT2D eigenvalue weighted by molar-refractivity contribution is 5.92. The van der Waals surface area contributed by atoms with Gasteiger partial charge >= 0.3 is 5.82 Å². The van der Waals surface area contributed by atoms with Gasteiger partial charge in [0.25, 0.3) is 5.91 Å². The van der Waals surface area contributed by atoms with Crippen LogP contribution < -0.4 is 5.32 Å². The standard InChI is InChI=1S/C12H17N5O3/c1-16-8-2-3-9(16)5-7(4-8)13-12(18)10-6-11(15-14-10)17(19)20/h6-9H,2-5H2,1H3,(H,13,18)(H,14,15)/t8-,9-/m1/s1. The first-order valence-corrected chi connectivity index (χ1v) is 6.77. The number of nitrogens with one attached hydrogen (secondary N) is 2. The van der Waals surface area contributed by atoms with Crippen LogP contribution >= 0.6 is 0 Å². The molecule has 108 valence electrons. The monoisotopic (exact) mass is 279 g/mol. The Bertz CT molecular complexity index is 529. The zero-order valence-electron chi connectivity index (χ0n) is 11.2. The van der Waals surface area contributed by atoms with Gasteiger partial charge in [0.2, 0.25) is 0 Å². The van der Waals surface area contributed by atoms with Crippen molar-refractivity contribution in [3.05, 3.63) is 21.9 Å². The number of aromatic amines is 1. The molecule has 1 amide bonds. The SMILES string of the molecule is CN1[C@@H]2CC[C@@H]1CC(NC(=O)c1cc([N+](=O)[O-])[nH]n1)C2. The van der Waals surface area contributed by atoms with Crippen molar-refractivity contribution >= 4 is 11.7 Å². The molecule has 2 fully saturated rings. The summed E-state index contributed by atoms with van der Waals surface area (Å²) in [5.74, 6) is -0.609. The Labute approximate surface area is 115 Å². The van der Waals surface area contributed by atoms with E-state index in [4.69, 9.17) is 0 Å². The van der Waals surface area contributed by atoms with E-state index in [9.17, 15) is 14.9 Å². The van der Waals surface area contributed by atoms with Crippen LogP contribution in [0.4, 0.5) is 5.82 Å². The third-order valence-corrected chi connectivity index (χ3v) is 4.43. The molecule has 2 saturated heterocycles. The first-order chi connectivity index (χ1) is 9.54. The van der Waals surface area contributed by atoms with Gasteiger partial charge in [-0.15, -0.1) is 5.10 Å². The highest BCUT2D eigenvalue weighted by atomic mass is 16.6. The lowest BCUT2D eigenvalue weighted by molar-refractivity contribution is -0.389. The van der Waals surface area contributed by atoms with Crippen LogP contribution in [0.5, 0.6) is 0 Å². The average molecular weight is 279 g/mol. The summed E-state index contributed by atoms with van der Waals surface area (Å²) in [6, 6.07) is 2.37. The molecule has 2 bridgehead atoms. The largest absolute Gasteiger partial charge is 0.358 e. The van der Waals surface area contributed by atoms with Gasteiger partial charge in [-0.3, -0.25) is 4.79 Å². The first kappa shape index (κ1) is 13.0. The predicted molar refractivity (Wildman–Crippen MR) is 70.3 cm³/mol. The molecule has 2 aliphatic rings. The van der Waals surface area contributed by atoms with Gasteiger partial charge in [0, 0.05) is 18.1 Å². The van der Waals surface area contributed by atoms with Crippen LogP contribution in [-0.4, -0.2) is 51.1 Å². The number of carbonyl (C=O) groups excluding carboxylic acids is 1. The molecule has 0 saturated carbocycles. The number of aromatic nitrogens is 2. The number of H-pyrrole nitrogens is 1. The Balaban J connectivity index is 1.63.